The fraction of sp³-hybridized carbons (Fsp3) is 0.533. The second-order valence-corrected chi connectivity index (χ2v) is 10.9. The van der Waals surface area contributed by atoms with Crippen molar-refractivity contribution < 1.29 is 13.2 Å². The first-order valence-corrected chi connectivity index (χ1v) is 10.8. The number of rotatable bonds is 7. The van der Waals surface area contributed by atoms with Gasteiger partial charge in [-0.25, -0.2) is 8.42 Å². The van der Waals surface area contributed by atoms with Crippen molar-refractivity contribution in [2.45, 2.75) is 25.5 Å². The Hall–Kier alpha value is -0.630. The number of carbonyl (C=O) groups is 1. The molecular formula is C15H22Cl2N2O3S2. The average molecular weight is 413 g/mol. The molecule has 0 atom stereocenters. The van der Waals surface area contributed by atoms with Gasteiger partial charge in [0.1, 0.15) is 6.54 Å². The maximum Gasteiger partial charge on any atom is 0.240 e. The summed E-state index contributed by atoms with van der Waals surface area (Å²) >= 11 is 13.6. The number of sulfonamides is 1. The van der Waals surface area contributed by atoms with Gasteiger partial charge in [0.25, 0.3) is 0 Å². The number of benzene rings is 1. The topological polar surface area (TPSA) is 66.5 Å². The maximum absolute atomic E-state index is 12.1. The van der Waals surface area contributed by atoms with Crippen LogP contribution in [-0.4, -0.2) is 44.2 Å². The maximum atomic E-state index is 12.1. The molecule has 0 saturated heterocycles. The van der Waals surface area contributed by atoms with Crippen molar-refractivity contribution in [1.29, 1.82) is 0 Å². The van der Waals surface area contributed by atoms with E-state index in [-0.39, 0.29) is 22.9 Å². The van der Waals surface area contributed by atoms with Crippen LogP contribution in [0.15, 0.2) is 18.2 Å². The van der Waals surface area contributed by atoms with Gasteiger partial charge in [0.05, 0.1) is 11.9 Å². The first kappa shape index (κ1) is 21.4. The summed E-state index contributed by atoms with van der Waals surface area (Å²) in [4.78, 5) is 12.1. The van der Waals surface area contributed by atoms with Crippen molar-refractivity contribution in [2.24, 2.45) is 0 Å². The average Bonchev–Trinajstić information content (AvgIpc) is 2.37. The molecule has 5 nitrogen and oxygen atoms in total. The molecule has 0 aliphatic rings. The molecule has 1 rings (SSSR count). The zero-order valence-corrected chi connectivity index (χ0v) is 17.2. The molecule has 0 saturated carbocycles. The van der Waals surface area contributed by atoms with Gasteiger partial charge in [-0.1, -0.05) is 44.0 Å². The molecule has 0 bridgehead atoms. The molecule has 1 amide bonds. The molecule has 0 fully saturated rings. The summed E-state index contributed by atoms with van der Waals surface area (Å²) in [6, 6.07) is 4.41. The van der Waals surface area contributed by atoms with E-state index in [0.29, 0.717) is 16.6 Å². The molecule has 0 aliphatic carbocycles. The predicted octanol–water partition coefficient (Wildman–Crippen LogP) is 3.41. The number of carbonyl (C=O) groups excluding carboxylic acids is 1. The van der Waals surface area contributed by atoms with Gasteiger partial charge in [-0.15, -0.1) is 0 Å². The summed E-state index contributed by atoms with van der Waals surface area (Å²) in [7, 11) is -3.65. The van der Waals surface area contributed by atoms with E-state index in [1.54, 1.807) is 11.8 Å². The summed E-state index contributed by atoms with van der Waals surface area (Å²) in [5.41, 5.74) is 0.259. The Balaban J connectivity index is 2.76. The van der Waals surface area contributed by atoms with E-state index in [0.717, 1.165) is 16.3 Å². The Morgan fingerprint density at radius 3 is 2.21 bits per heavy atom. The van der Waals surface area contributed by atoms with Gasteiger partial charge >= 0.3 is 0 Å². The van der Waals surface area contributed by atoms with Crippen LogP contribution in [0.1, 0.15) is 20.8 Å². The van der Waals surface area contributed by atoms with Crippen LogP contribution in [0.2, 0.25) is 10.0 Å². The lowest BCUT2D eigenvalue weighted by atomic mass is 10.3. The minimum atomic E-state index is -3.65. The largest absolute Gasteiger partial charge is 0.354 e. The van der Waals surface area contributed by atoms with Crippen LogP contribution in [0, 0.1) is 0 Å². The number of halogens is 2. The summed E-state index contributed by atoms with van der Waals surface area (Å²) < 4.78 is 25.1. The molecular weight excluding hydrogens is 391 g/mol. The molecule has 0 unspecified atom stereocenters. The Labute approximate surface area is 158 Å². The minimum Gasteiger partial charge on any atom is -0.354 e. The highest BCUT2D eigenvalue weighted by Gasteiger charge is 2.21. The standard InChI is InChI=1S/C15H22Cl2N2O3S2/c1-15(2,3)23-6-5-18-14(20)10-19(24(4,21)22)13-8-11(16)7-12(17)9-13/h7-9H,5-6,10H2,1-4H3,(H,18,20). The van der Waals surface area contributed by atoms with Crippen LogP contribution in [0.4, 0.5) is 5.69 Å². The second kappa shape index (κ2) is 8.65. The van der Waals surface area contributed by atoms with Gasteiger partial charge < -0.3 is 5.32 Å². The third-order valence-electron chi connectivity index (χ3n) is 2.78. The third-order valence-corrected chi connectivity index (χ3v) is 5.63. The zero-order chi connectivity index (χ0) is 18.5. The number of anilines is 1. The first-order chi connectivity index (χ1) is 10.9. The lowest BCUT2D eigenvalue weighted by Gasteiger charge is -2.22. The minimum absolute atomic E-state index is 0.112. The molecule has 0 aromatic heterocycles. The van der Waals surface area contributed by atoms with Gasteiger partial charge in [0.2, 0.25) is 15.9 Å². The molecule has 0 heterocycles. The Kier molecular flexibility index (Phi) is 7.72. The Morgan fingerprint density at radius 1 is 1.21 bits per heavy atom. The van der Waals surface area contributed by atoms with Crippen LogP contribution < -0.4 is 9.62 Å². The Bertz CT molecular complexity index is 668. The smallest absolute Gasteiger partial charge is 0.240 e. The van der Waals surface area contributed by atoms with Crippen molar-refractivity contribution in [3.8, 4) is 0 Å². The van der Waals surface area contributed by atoms with Crippen LogP contribution in [0.3, 0.4) is 0 Å². The Morgan fingerprint density at radius 2 is 1.75 bits per heavy atom. The van der Waals surface area contributed by atoms with Gasteiger partial charge in [-0.3, -0.25) is 9.10 Å². The molecule has 24 heavy (non-hydrogen) atoms. The zero-order valence-electron chi connectivity index (χ0n) is 14.1. The highest BCUT2D eigenvalue weighted by Crippen LogP contribution is 2.27. The van der Waals surface area contributed by atoms with E-state index in [1.165, 1.54) is 18.2 Å². The lowest BCUT2D eigenvalue weighted by Crippen LogP contribution is -2.41. The van der Waals surface area contributed by atoms with Gasteiger partial charge in [-0.2, -0.15) is 11.8 Å². The van der Waals surface area contributed by atoms with Crippen molar-refractivity contribution in [3.63, 3.8) is 0 Å². The highest BCUT2D eigenvalue weighted by molar-refractivity contribution is 8.00. The van der Waals surface area contributed by atoms with Crippen LogP contribution in [-0.2, 0) is 14.8 Å². The number of nitrogens with one attached hydrogen (secondary N) is 1. The molecule has 9 heteroatoms. The third kappa shape index (κ3) is 7.96. The molecule has 136 valence electrons. The second-order valence-electron chi connectivity index (χ2n) is 6.21. The van der Waals surface area contributed by atoms with Gasteiger partial charge in [-0.05, 0) is 18.2 Å². The molecule has 1 aromatic carbocycles. The number of thioether (sulfide) groups is 1. The monoisotopic (exact) mass is 412 g/mol. The van der Waals surface area contributed by atoms with E-state index in [9.17, 15) is 13.2 Å². The van der Waals surface area contributed by atoms with Gasteiger partial charge in [0, 0.05) is 27.1 Å². The van der Waals surface area contributed by atoms with Crippen LogP contribution >= 0.6 is 35.0 Å². The summed E-state index contributed by atoms with van der Waals surface area (Å²) in [5, 5.41) is 3.32. The molecule has 0 aliphatic heterocycles. The van der Waals surface area contributed by atoms with E-state index in [1.807, 2.05) is 0 Å². The van der Waals surface area contributed by atoms with Crippen molar-refractivity contribution >= 4 is 56.6 Å². The van der Waals surface area contributed by atoms with Crippen LogP contribution in [0.5, 0.6) is 0 Å². The fourth-order valence-electron chi connectivity index (χ4n) is 1.82. The normalized spacial score (nSPS) is 12.1. The quantitative estimate of drug-likeness (QED) is 0.696. The summed E-state index contributed by atoms with van der Waals surface area (Å²) in [5.74, 6) is 0.364. The first-order valence-electron chi connectivity index (χ1n) is 7.23. The molecule has 1 N–H and O–H groups in total. The number of amides is 1. The highest BCUT2D eigenvalue weighted by atomic mass is 35.5. The molecule has 0 spiro atoms. The van der Waals surface area contributed by atoms with Crippen molar-refractivity contribution in [3.05, 3.63) is 28.2 Å². The van der Waals surface area contributed by atoms with E-state index >= 15 is 0 Å². The number of nitrogens with zero attached hydrogens (tertiary/aromatic N) is 1. The molecule has 0 radical (unpaired) electrons. The summed E-state index contributed by atoms with van der Waals surface area (Å²) in [6.45, 7) is 6.42. The molecule has 1 aromatic rings. The van der Waals surface area contributed by atoms with Crippen molar-refractivity contribution in [1.82, 2.24) is 5.32 Å². The van der Waals surface area contributed by atoms with Crippen LogP contribution in [0.25, 0.3) is 0 Å². The fourth-order valence-corrected chi connectivity index (χ4v) is 3.99. The van der Waals surface area contributed by atoms with E-state index in [4.69, 9.17) is 23.2 Å². The predicted molar refractivity (Wildman–Crippen MR) is 104 cm³/mol. The van der Waals surface area contributed by atoms with Crippen molar-refractivity contribution in [2.75, 3.05) is 29.4 Å². The van der Waals surface area contributed by atoms with E-state index in [2.05, 4.69) is 26.1 Å². The number of hydrogen-bond acceptors (Lipinski definition) is 4. The lowest BCUT2D eigenvalue weighted by molar-refractivity contribution is -0.119. The van der Waals surface area contributed by atoms with E-state index < -0.39 is 10.0 Å². The number of hydrogen-bond donors (Lipinski definition) is 1. The van der Waals surface area contributed by atoms with Gasteiger partial charge in [0.15, 0.2) is 0 Å². The SMILES string of the molecule is CC(C)(C)SCCNC(=O)CN(c1cc(Cl)cc(Cl)c1)S(C)(=O)=O. The summed E-state index contributed by atoms with van der Waals surface area (Å²) in [6.07, 6.45) is 1.03.